The lowest BCUT2D eigenvalue weighted by molar-refractivity contribution is -0.119. The van der Waals surface area contributed by atoms with Crippen LogP contribution in [0.25, 0.3) is 10.9 Å². The second kappa shape index (κ2) is 9.27. The van der Waals surface area contributed by atoms with E-state index in [-0.39, 0.29) is 18.0 Å². The Kier molecular flexibility index (Phi) is 6.25. The maximum Gasteiger partial charge on any atom is 0.409 e. The zero-order chi connectivity index (χ0) is 23.5. The summed E-state index contributed by atoms with van der Waals surface area (Å²) < 4.78 is 0. The fourth-order valence-corrected chi connectivity index (χ4v) is 4.09. The van der Waals surface area contributed by atoms with Gasteiger partial charge in [-0.3, -0.25) is 10.1 Å². The average molecular weight is 450 g/mol. The van der Waals surface area contributed by atoms with Crippen LogP contribution in [-0.4, -0.2) is 51.2 Å². The SMILES string of the molecule is CC(=O)N[C@@H]1CCN(c2cc3c(NC(C)c4cccc(NC(=O)O)c4)nc(C)nc3cn2)C1. The topological polar surface area (TPSA) is 132 Å². The van der Waals surface area contributed by atoms with Crippen molar-refractivity contribution in [2.24, 2.45) is 0 Å². The van der Waals surface area contributed by atoms with Gasteiger partial charge in [-0.25, -0.2) is 19.7 Å². The van der Waals surface area contributed by atoms with Gasteiger partial charge in [-0.1, -0.05) is 12.1 Å². The molecule has 2 amide bonds. The zero-order valence-electron chi connectivity index (χ0n) is 18.8. The van der Waals surface area contributed by atoms with Crippen LogP contribution in [0.1, 0.15) is 37.7 Å². The number of fused-ring (bicyclic) bond motifs is 1. The molecule has 3 aromatic rings. The summed E-state index contributed by atoms with van der Waals surface area (Å²) >= 11 is 0. The molecule has 33 heavy (non-hydrogen) atoms. The maximum absolute atomic E-state index is 11.4. The van der Waals surface area contributed by atoms with Crippen LogP contribution in [0.15, 0.2) is 36.5 Å². The van der Waals surface area contributed by atoms with Gasteiger partial charge in [0.05, 0.1) is 17.8 Å². The molecule has 0 radical (unpaired) electrons. The summed E-state index contributed by atoms with van der Waals surface area (Å²) in [5.41, 5.74) is 2.16. The molecular formula is C23H27N7O3. The van der Waals surface area contributed by atoms with Crippen molar-refractivity contribution in [2.75, 3.05) is 28.6 Å². The highest BCUT2D eigenvalue weighted by atomic mass is 16.4. The van der Waals surface area contributed by atoms with Crippen molar-refractivity contribution in [1.29, 1.82) is 0 Å². The van der Waals surface area contributed by atoms with E-state index >= 15 is 0 Å². The van der Waals surface area contributed by atoms with Crippen LogP contribution in [0, 0.1) is 6.92 Å². The number of carbonyl (C=O) groups is 2. The number of hydrogen-bond acceptors (Lipinski definition) is 7. The molecule has 0 saturated carbocycles. The lowest BCUT2D eigenvalue weighted by atomic mass is 10.1. The Balaban J connectivity index is 1.60. The fraction of sp³-hybridized carbons (Fsp3) is 0.348. The number of carboxylic acid groups (broad SMARTS) is 1. The lowest BCUT2D eigenvalue weighted by Crippen LogP contribution is -2.35. The summed E-state index contributed by atoms with van der Waals surface area (Å²) in [4.78, 5) is 38.2. The van der Waals surface area contributed by atoms with Crippen LogP contribution >= 0.6 is 0 Å². The molecule has 0 aliphatic carbocycles. The minimum Gasteiger partial charge on any atom is -0.465 e. The van der Waals surface area contributed by atoms with Crippen molar-refractivity contribution >= 4 is 40.2 Å². The number of aryl methyl sites for hydroxylation is 1. The van der Waals surface area contributed by atoms with Gasteiger partial charge in [0.25, 0.3) is 0 Å². The molecule has 1 aromatic carbocycles. The van der Waals surface area contributed by atoms with Crippen molar-refractivity contribution in [3.8, 4) is 0 Å². The van der Waals surface area contributed by atoms with Crippen molar-refractivity contribution in [1.82, 2.24) is 20.3 Å². The van der Waals surface area contributed by atoms with E-state index in [9.17, 15) is 9.59 Å². The fourth-order valence-electron chi connectivity index (χ4n) is 4.09. The van der Waals surface area contributed by atoms with Gasteiger partial charge >= 0.3 is 6.09 Å². The summed E-state index contributed by atoms with van der Waals surface area (Å²) in [5.74, 6) is 2.09. The van der Waals surface area contributed by atoms with Crippen LogP contribution in [0.4, 0.5) is 22.1 Å². The number of aromatic nitrogens is 3. The lowest BCUT2D eigenvalue weighted by Gasteiger charge is -2.20. The number of rotatable bonds is 6. The first-order valence-corrected chi connectivity index (χ1v) is 10.8. The molecule has 1 fully saturated rings. The standard InChI is InChI=1S/C23H27N7O3/c1-13(16-5-4-6-17(9-16)29-23(32)33)25-22-19-10-21(24-11-20(19)26-14(2)27-22)30-8-7-18(12-30)28-15(3)31/h4-6,9-11,13,18,29H,7-8,12H2,1-3H3,(H,28,31)(H,32,33)(H,25,26,27)/t13?,18-/m1/s1. The Hall–Kier alpha value is -3.95. The third-order valence-corrected chi connectivity index (χ3v) is 5.59. The number of carbonyl (C=O) groups excluding carboxylic acids is 1. The first-order valence-electron chi connectivity index (χ1n) is 10.8. The van der Waals surface area contributed by atoms with Crippen LogP contribution in [0.3, 0.4) is 0 Å². The van der Waals surface area contributed by atoms with Gasteiger partial charge in [-0.05, 0) is 44.0 Å². The van der Waals surface area contributed by atoms with E-state index in [1.807, 2.05) is 32.0 Å². The van der Waals surface area contributed by atoms with Gasteiger partial charge in [0.1, 0.15) is 17.5 Å². The van der Waals surface area contributed by atoms with E-state index in [2.05, 4.69) is 35.8 Å². The molecule has 4 N–H and O–H groups in total. The summed E-state index contributed by atoms with van der Waals surface area (Å²) in [6, 6.07) is 9.19. The molecule has 10 nitrogen and oxygen atoms in total. The van der Waals surface area contributed by atoms with Gasteiger partial charge in [-0.15, -0.1) is 0 Å². The predicted octanol–water partition coefficient (Wildman–Crippen LogP) is 3.31. The van der Waals surface area contributed by atoms with E-state index < -0.39 is 6.09 Å². The number of nitrogens with zero attached hydrogens (tertiary/aromatic N) is 4. The number of benzene rings is 1. The van der Waals surface area contributed by atoms with E-state index in [1.165, 1.54) is 6.92 Å². The highest BCUT2D eigenvalue weighted by Gasteiger charge is 2.24. The Morgan fingerprint density at radius 1 is 1.24 bits per heavy atom. The van der Waals surface area contributed by atoms with Gasteiger partial charge in [-0.2, -0.15) is 0 Å². The molecule has 0 bridgehead atoms. The molecule has 1 aliphatic rings. The second-order valence-corrected chi connectivity index (χ2v) is 8.23. The molecule has 4 rings (SSSR count). The van der Waals surface area contributed by atoms with Crippen LogP contribution in [-0.2, 0) is 4.79 Å². The van der Waals surface area contributed by atoms with Gasteiger partial charge in [0.15, 0.2) is 0 Å². The number of pyridine rings is 1. The smallest absolute Gasteiger partial charge is 0.409 e. The van der Waals surface area contributed by atoms with E-state index in [0.717, 1.165) is 35.2 Å². The first-order chi connectivity index (χ1) is 15.8. The molecule has 2 atom stereocenters. The summed E-state index contributed by atoms with van der Waals surface area (Å²) in [6.07, 6.45) is 1.51. The minimum atomic E-state index is -1.10. The zero-order valence-corrected chi connectivity index (χ0v) is 18.8. The minimum absolute atomic E-state index is 0.0275. The molecule has 1 aliphatic heterocycles. The van der Waals surface area contributed by atoms with Gasteiger partial charge < -0.3 is 20.6 Å². The molecule has 1 unspecified atom stereocenters. The quantitative estimate of drug-likeness (QED) is 0.451. The molecule has 172 valence electrons. The van der Waals surface area contributed by atoms with Crippen LogP contribution < -0.4 is 20.9 Å². The Labute approximate surface area is 191 Å². The number of amides is 2. The summed E-state index contributed by atoms with van der Waals surface area (Å²) in [5, 5.41) is 18.6. The summed E-state index contributed by atoms with van der Waals surface area (Å²) in [6.45, 7) is 6.86. The Morgan fingerprint density at radius 3 is 2.82 bits per heavy atom. The molecule has 0 spiro atoms. The monoisotopic (exact) mass is 449 g/mol. The number of anilines is 3. The summed E-state index contributed by atoms with van der Waals surface area (Å²) in [7, 11) is 0. The Bertz CT molecular complexity index is 1200. The van der Waals surface area contributed by atoms with Crippen molar-refractivity contribution < 1.29 is 14.7 Å². The normalized spacial score (nSPS) is 16.5. The van der Waals surface area contributed by atoms with E-state index in [0.29, 0.717) is 23.9 Å². The second-order valence-electron chi connectivity index (χ2n) is 8.23. The first kappa shape index (κ1) is 22.3. The molecule has 3 heterocycles. The molecule has 10 heteroatoms. The Morgan fingerprint density at radius 2 is 2.06 bits per heavy atom. The molecular weight excluding hydrogens is 422 g/mol. The van der Waals surface area contributed by atoms with Crippen molar-refractivity contribution in [2.45, 2.75) is 39.3 Å². The average Bonchev–Trinajstić information content (AvgIpc) is 3.21. The molecule has 2 aromatic heterocycles. The van der Waals surface area contributed by atoms with Crippen molar-refractivity contribution in [3.63, 3.8) is 0 Å². The van der Waals surface area contributed by atoms with Gasteiger partial charge in [0.2, 0.25) is 5.91 Å². The highest BCUT2D eigenvalue weighted by Crippen LogP contribution is 2.29. The predicted molar refractivity (Wildman–Crippen MR) is 127 cm³/mol. The van der Waals surface area contributed by atoms with E-state index in [4.69, 9.17) is 5.11 Å². The maximum atomic E-state index is 11.4. The molecule has 1 saturated heterocycles. The third kappa shape index (κ3) is 5.28. The van der Waals surface area contributed by atoms with Crippen LogP contribution in [0.5, 0.6) is 0 Å². The van der Waals surface area contributed by atoms with Crippen molar-refractivity contribution in [3.05, 3.63) is 47.9 Å². The largest absolute Gasteiger partial charge is 0.465 e. The number of hydrogen-bond donors (Lipinski definition) is 4. The van der Waals surface area contributed by atoms with E-state index in [1.54, 1.807) is 18.3 Å². The van der Waals surface area contributed by atoms with Gasteiger partial charge in [0, 0.05) is 37.1 Å². The number of nitrogens with one attached hydrogen (secondary N) is 3. The third-order valence-electron chi connectivity index (χ3n) is 5.59. The highest BCUT2D eigenvalue weighted by molar-refractivity contribution is 5.90. The van der Waals surface area contributed by atoms with Crippen LogP contribution in [0.2, 0.25) is 0 Å².